The van der Waals surface area contributed by atoms with Gasteiger partial charge in [0.05, 0.1) is 5.69 Å². The van der Waals surface area contributed by atoms with Crippen molar-refractivity contribution in [3.8, 4) is 11.3 Å². The molecule has 5 nitrogen and oxygen atoms in total. The molecule has 0 spiro atoms. The van der Waals surface area contributed by atoms with E-state index < -0.39 is 0 Å². The van der Waals surface area contributed by atoms with E-state index in [-0.39, 0.29) is 0 Å². The van der Waals surface area contributed by atoms with Gasteiger partial charge in [0.25, 0.3) is 0 Å². The van der Waals surface area contributed by atoms with E-state index in [1.807, 2.05) is 79.7 Å². The van der Waals surface area contributed by atoms with Crippen molar-refractivity contribution in [1.82, 2.24) is 4.98 Å². The summed E-state index contributed by atoms with van der Waals surface area (Å²) in [6.45, 7) is 2.04. The molecule has 0 saturated heterocycles. The number of rotatable bonds is 3. The van der Waals surface area contributed by atoms with Gasteiger partial charge in [-0.1, -0.05) is 103 Å². The first-order valence-electron chi connectivity index (χ1n) is 18.1. The van der Waals surface area contributed by atoms with E-state index in [1.54, 1.807) is 0 Å². The monoisotopic (exact) mass is 694 g/mol. The lowest BCUT2D eigenvalue weighted by atomic mass is 10.00. The molecule has 0 N–H and O–H groups in total. The summed E-state index contributed by atoms with van der Waals surface area (Å²) in [6.07, 6.45) is 0. The molecule has 0 radical (unpaired) electrons. The minimum Gasteiger partial charge on any atom is -0.456 e. The van der Waals surface area contributed by atoms with E-state index in [4.69, 9.17) is 23.2 Å². The average Bonchev–Trinajstić information content (AvgIpc) is 3.90. The van der Waals surface area contributed by atoms with Crippen LogP contribution in [0.1, 0.15) is 12.5 Å². The average molecular weight is 695 g/mol. The molecule has 0 aliphatic rings. The molecule has 0 bridgehead atoms. The van der Waals surface area contributed by atoms with E-state index in [0.29, 0.717) is 5.82 Å². The predicted molar refractivity (Wildman–Crippen MR) is 222 cm³/mol. The Kier molecular flexibility index (Phi) is 6.70. The smallest absolute Gasteiger partial charge is 0.160 e. The third kappa shape index (κ3) is 4.79. The first-order chi connectivity index (χ1) is 26.7. The Hall–Kier alpha value is -7.24. The van der Waals surface area contributed by atoms with Crippen LogP contribution in [-0.4, -0.2) is 10.7 Å². The maximum absolute atomic E-state index is 6.62. The van der Waals surface area contributed by atoms with Crippen LogP contribution in [0, 0.1) is 0 Å². The summed E-state index contributed by atoms with van der Waals surface area (Å²) in [5.74, 6) is 0.588. The number of aromatic nitrogens is 1. The molecule has 0 aliphatic carbocycles. The summed E-state index contributed by atoms with van der Waals surface area (Å²) < 4.78 is 19.3. The molecule has 0 atom stereocenters. The SMILES string of the molecule is CC(=Nc1nc(-c2ccc3oc4ccccc4c3c2)cccc2cc3c(cc2c2cccc4oc5cccc1c5c42)oc1ccccc13)c1ccccc1. The Morgan fingerprint density at radius 1 is 0.426 bits per heavy atom. The first kappa shape index (κ1) is 30.4. The first-order valence-corrected chi connectivity index (χ1v) is 18.1. The van der Waals surface area contributed by atoms with Crippen molar-refractivity contribution in [2.24, 2.45) is 4.99 Å². The molecule has 254 valence electrons. The van der Waals surface area contributed by atoms with E-state index in [1.165, 1.54) is 0 Å². The van der Waals surface area contributed by atoms with Crippen LogP contribution in [0.15, 0.2) is 182 Å². The Labute approximate surface area is 308 Å². The molecule has 5 heteroatoms. The van der Waals surface area contributed by atoms with Gasteiger partial charge < -0.3 is 13.3 Å². The standard InChI is InChI=1S/C49H30N2O3/c1-29(30-12-3-2-4-13-30)50-49-36-18-11-23-45-48(36)47-35(17-10-22-44(47)54-45)37-28-46-39(34-16-6-8-21-42(34)53-46)26-31(37)14-9-19-40(51-49)32-24-25-43-38(27-32)33-15-5-7-20-41(33)52-43/h2-28H,1H3. The Bertz CT molecular complexity index is 3400. The number of furan rings is 3. The highest BCUT2D eigenvalue weighted by molar-refractivity contribution is 6.27. The molecule has 0 fully saturated rings. The quantitative estimate of drug-likeness (QED) is 0.173. The van der Waals surface area contributed by atoms with E-state index >= 15 is 0 Å². The summed E-state index contributed by atoms with van der Waals surface area (Å²) >= 11 is 0. The Morgan fingerprint density at radius 3 is 1.78 bits per heavy atom. The lowest BCUT2D eigenvalue weighted by Gasteiger charge is -2.06. The zero-order chi connectivity index (χ0) is 35.8. The van der Waals surface area contributed by atoms with Crippen molar-refractivity contribution in [2.75, 3.05) is 0 Å². The van der Waals surface area contributed by atoms with Crippen LogP contribution in [0.2, 0.25) is 0 Å². The van der Waals surface area contributed by atoms with Crippen molar-refractivity contribution in [2.45, 2.75) is 6.92 Å². The molecule has 0 amide bonds. The molecular formula is C49H30N2O3. The van der Waals surface area contributed by atoms with Gasteiger partial charge in [0.1, 0.15) is 33.5 Å². The maximum atomic E-state index is 6.62. The van der Waals surface area contributed by atoms with Crippen LogP contribution < -0.4 is 0 Å². The molecule has 0 aliphatic heterocycles. The van der Waals surface area contributed by atoms with Crippen LogP contribution in [-0.2, 0) is 0 Å². The van der Waals surface area contributed by atoms with Crippen LogP contribution in [0.25, 0.3) is 98.6 Å². The van der Waals surface area contributed by atoms with Gasteiger partial charge >= 0.3 is 0 Å². The number of benzene rings is 7. The normalized spacial score (nSPS) is 12.3. The van der Waals surface area contributed by atoms with Crippen LogP contribution in [0.5, 0.6) is 0 Å². The molecule has 11 aromatic rings. The molecular weight excluding hydrogens is 665 g/mol. The summed E-state index contributed by atoms with van der Waals surface area (Å²) in [5.41, 5.74) is 8.54. The fourth-order valence-corrected chi connectivity index (χ4v) is 7.93. The minimum absolute atomic E-state index is 0.588. The van der Waals surface area contributed by atoms with E-state index in [2.05, 4.69) is 91.0 Å². The van der Waals surface area contributed by atoms with E-state index in [0.717, 1.165) is 110 Å². The lowest BCUT2D eigenvalue weighted by Crippen LogP contribution is -1.94. The topological polar surface area (TPSA) is 64.7 Å². The van der Waals surface area contributed by atoms with Gasteiger partial charge in [-0.2, -0.15) is 0 Å². The maximum Gasteiger partial charge on any atom is 0.160 e. The van der Waals surface area contributed by atoms with Gasteiger partial charge in [0.2, 0.25) is 0 Å². The highest BCUT2D eigenvalue weighted by Gasteiger charge is 2.17. The fraction of sp³-hybridized carbons (Fsp3) is 0.0204. The zero-order valence-electron chi connectivity index (χ0n) is 29.2. The van der Waals surface area contributed by atoms with Gasteiger partial charge in [-0.3, -0.25) is 0 Å². The van der Waals surface area contributed by atoms with Crippen molar-refractivity contribution < 1.29 is 13.3 Å². The summed E-state index contributed by atoms with van der Waals surface area (Å²) in [7, 11) is 0. The zero-order valence-corrected chi connectivity index (χ0v) is 29.2. The summed E-state index contributed by atoms with van der Waals surface area (Å²) in [4.78, 5) is 10.8. The Morgan fingerprint density at radius 2 is 1.00 bits per heavy atom. The lowest BCUT2D eigenvalue weighted by molar-refractivity contribution is 0.668. The highest BCUT2D eigenvalue weighted by Crippen LogP contribution is 2.41. The Balaban J connectivity index is 1.32. The second-order valence-corrected chi connectivity index (χ2v) is 13.7. The summed E-state index contributed by atoms with van der Waals surface area (Å²) in [6, 6.07) is 56.0. The van der Waals surface area contributed by atoms with Gasteiger partial charge in [-0.05, 0) is 89.3 Å². The van der Waals surface area contributed by atoms with Gasteiger partial charge in [0.15, 0.2) is 5.82 Å². The number of aliphatic imine (C=N–C) groups is 1. The third-order valence-corrected chi connectivity index (χ3v) is 10.5. The van der Waals surface area contributed by atoms with Crippen LogP contribution in [0.3, 0.4) is 0 Å². The largest absolute Gasteiger partial charge is 0.456 e. The van der Waals surface area contributed by atoms with Gasteiger partial charge in [-0.25, -0.2) is 9.98 Å². The predicted octanol–water partition coefficient (Wildman–Crippen LogP) is 14.0. The van der Waals surface area contributed by atoms with Crippen molar-refractivity contribution in [3.05, 3.63) is 169 Å². The molecule has 4 aromatic heterocycles. The highest BCUT2D eigenvalue weighted by atomic mass is 16.3. The minimum atomic E-state index is 0.588. The van der Waals surface area contributed by atoms with Gasteiger partial charge in [0, 0.05) is 49.0 Å². The van der Waals surface area contributed by atoms with E-state index in [9.17, 15) is 0 Å². The fourth-order valence-electron chi connectivity index (χ4n) is 7.93. The molecule has 11 rings (SSSR count). The van der Waals surface area contributed by atoms with Crippen LogP contribution >= 0.6 is 0 Å². The molecule has 0 saturated carbocycles. The van der Waals surface area contributed by atoms with Gasteiger partial charge in [-0.15, -0.1) is 0 Å². The number of hydrogen-bond acceptors (Lipinski definition) is 5. The molecule has 7 aromatic carbocycles. The number of nitrogens with zero attached hydrogens (tertiary/aromatic N) is 2. The van der Waals surface area contributed by atoms with Crippen molar-refractivity contribution >= 4 is 98.9 Å². The van der Waals surface area contributed by atoms with Crippen molar-refractivity contribution in [1.29, 1.82) is 0 Å². The molecule has 4 heterocycles. The number of para-hydroxylation sites is 2. The number of hydrogen-bond donors (Lipinski definition) is 0. The second kappa shape index (κ2) is 11.9. The third-order valence-electron chi connectivity index (χ3n) is 10.5. The van der Waals surface area contributed by atoms with Crippen molar-refractivity contribution in [3.63, 3.8) is 0 Å². The molecule has 0 unspecified atom stereocenters. The van der Waals surface area contributed by atoms with Crippen LogP contribution in [0.4, 0.5) is 5.82 Å². The molecule has 54 heavy (non-hydrogen) atoms. The number of fused-ring (bicyclic) bond motifs is 8. The summed E-state index contributed by atoms with van der Waals surface area (Å²) in [5, 5.41) is 10.2. The second-order valence-electron chi connectivity index (χ2n) is 13.7.